The number of nitrogens with one attached hydrogen (secondary N) is 2. The molecule has 0 bridgehead atoms. The number of hydrogen-bond acceptors (Lipinski definition) is 6. The molecule has 3 N–H and O–H groups in total. The zero-order valence-corrected chi connectivity index (χ0v) is 21.4. The number of pyridine rings is 1. The second-order valence-corrected chi connectivity index (χ2v) is 9.80. The summed E-state index contributed by atoms with van der Waals surface area (Å²) in [6.45, 7) is -3.01. The van der Waals surface area contributed by atoms with Gasteiger partial charge in [0.1, 0.15) is 17.3 Å². The minimum absolute atomic E-state index is 0.0399. The number of hydrogen-bond donors (Lipinski definition) is 3. The number of fused-ring (bicyclic) bond motifs is 1. The Kier molecular flexibility index (Phi) is 7.42. The number of ether oxygens (including phenoxy) is 1. The van der Waals surface area contributed by atoms with Crippen molar-refractivity contribution in [2.75, 3.05) is 19.4 Å². The number of carbonyl (C=O) groups is 1. The lowest BCUT2D eigenvalue weighted by molar-refractivity contribution is -0.0494. The van der Waals surface area contributed by atoms with Gasteiger partial charge in [0.2, 0.25) is 0 Å². The van der Waals surface area contributed by atoms with Gasteiger partial charge in [-0.3, -0.25) is 9.89 Å². The van der Waals surface area contributed by atoms with Crippen LogP contribution in [0, 0.1) is 5.82 Å². The molecule has 4 aromatic rings. The Balaban J connectivity index is 1.57. The van der Waals surface area contributed by atoms with Crippen molar-refractivity contribution in [3.63, 3.8) is 0 Å². The molecule has 1 fully saturated rings. The van der Waals surface area contributed by atoms with Crippen LogP contribution in [0.25, 0.3) is 33.4 Å². The van der Waals surface area contributed by atoms with E-state index in [-0.39, 0.29) is 35.1 Å². The molecule has 1 aliphatic rings. The largest absolute Gasteiger partial charge is 0.434 e. The average Bonchev–Trinajstić information content (AvgIpc) is 3.33. The first-order valence-electron chi connectivity index (χ1n) is 12.6. The van der Waals surface area contributed by atoms with Gasteiger partial charge < -0.3 is 20.1 Å². The number of H-pyrrole nitrogens is 1. The molecule has 11 heteroatoms. The van der Waals surface area contributed by atoms with Crippen LogP contribution in [-0.2, 0) is 0 Å². The van der Waals surface area contributed by atoms with Crippen molar-refractivity contribution in [1.29, 1.82) is 0 Å². The van der Waals surface area contributed by atoms with E-state index >= 15 is 4.39 Å². The molecule has 204 valence electrons. The molecule has 1 saturated carbocycles. The number of alkyl halides is 2. The maximum atomic E-state index is 15.6. The van der Waals surface area contributed by atoms with Crippen LogP contribution in [-0.4, -0.2) is 63.9 Å². The Morgan fingerprint density at radius 1 is 1.13 bits per heavy atom. The molecule has 0 radical (unpaired) electrons. The van der Waals surface area contributed by atoms with Gasteiger partial charge in [-0.05, 0) is 61.6 Å². The Labute approximate surface area is 222 Å². The summed E-state index contributed by atoms with van der Waals surface area (Å²) in [7, 11) is 3.19. The third kappa shape index (κ3) is 5.53. The summed E-state index contributed by atoms with van der Waals surface area (Å²) in [5.41, 5.74) is 2.31. The van der Waals surface area contributed by atoms with Crippen LogP contribution in [0.3, 0.4) is 0 Å². The van der Waals surface area contributed by atoms with E-state index < -0.39 is 12.4 Å². The molecular formula is C28H28F3N5O3. The molecular weight excluding hydrogens is 511 g/mol. The number of aromatic amines is 1. The number of aliphatic hydroxyl groups is 1. The summed E-state index contributed by atoms with van der Waals surface area (Å²) in [6, 6.07) is 10.9. The fourth-order valence-electron chi connectivity index (χ4n) is 4.88. The topological polar surface area (TPSA) is 103 Å². The van der Waals surface area contributed by atoms with Gasteiger partial charge in [0, 0.05) is 42.8 Å². The highest BCUT2D eigenvalue weighted by atomic mass is 19.3. The predicted molar refractivity (Wildman–Crippen MR) is 141 cm³/mol. The van der Waals surface area contributed by atoms with Crippen LogP contribution in [0.1, 0.15) is 36.0 Å². The van der Waals surface area contributed by atoms with E-state index in [9.17, 15) is 18.7 Å². The zero-order chi connectivity index (χ0) is 27.7. The van der Waals surface area contributed by atoms with Crippen molar-refractivity contribution in [2.24, 2.45) is 0 Å². The number of amides is 1. The van der Waals surface area contributed by atoms with Crippen molar-refractivity contribution in [1.82, 2.24) is 20.1 Å². The van der Waals surface area contributed by atoms with Gasteiger partial charge in [-0.2, -0.15) is 13.9 Å². The third-order valence-corrected chi connectivity index (χ3v) is 6.88. The highest BCUT2D eigenvalue weighted by molar-refractivity contribution is 6.01. The lowest BCUT2D eigenvalue weighted by Crippen LogP contribution is -2.30. The molecule has 2 aromatic heterocycles. The number of nitrogens with zero attached hydrogens (tertiary/aromatic N) is 3. The summed E-state index contributed by atoms with van der Waals surface area (Å²) < 4.78 is 46.3. The van der Waals surface area contributed by atoms with Gasteiger partial charge >= 0.3 is 6.61 Å². The van der Waals surface area contributed by atoms with Crippen LogP contribution < -0.4 is 10.1 Å². The Morgan fingerprint density at radius 3 is 2.59 bits per heavy atom. The zero-order valence-electron chi connectivity index (χ0n) is 21.4. The number of benzene rings is 2. The van der Waals surface area contributed by atoms with Crippen LogP contribution >= 0.6 is 0 Å². The van der Waals surface area contributed by atoms with E-state index in [1.165, 1.54) is 23.2 Å². The number of rotatable bonds is 7. The molecule has 0 aliphatic heterocycles. The molecule has 1 aliphatic carbocycles. The van der Waals surface area contributed by atoms with Crippen molar-refractivity contribution in [2.45, 2.75) is 44.4 Å². The van der Waals surface area contributed by atoms with E-state index in [2.05, 4.69) is 25.2 Å². The third-order valence-electron chi connectivity index (χ3n) is 6.88. The molecule has 0 saturated heterocycles. The molecule has 39 heavy (non-hydrogen) atoms. The standard InChI is InChI=1S/C28H28F3N5O3/c1-36(2)27(38)21-11-15(13-22(29)25(21)33-17-7-9-18(37)10-8-17)16-12-20-24(34-35-26(20)32-14-16)19-5-3-4-6-23(19)39-28(30)31/h3-6,11-14,17-18,28,33,37H,7-10H2,1-2H3,(H,32,34,35)/t17-,18-. The van der Waals surface area contributed by atoms with E-state index in [4.69, 9.17) is 0 Å². The van der Waals surface area contributed by atoms with Crippen molar-refractivity contribution in [3.8, 4) is 28.1 Å². The van der Waals surface area contributed by atoms with Gasteiger partial charge in [-0.15, -0.1) is 0 Å². The van der Waals surface area contributed by atoms with E-state index in [0.717, 1.165) is 0 Å². The first-order valence-corrected chi connectivity index (χ1v) is 12.6. The van der Waals surface area contributed by atoms with Gasteiger partial charge in [-0.1, -0.05) is 12.1 Å². The summed E-state index contributed by atoms with van der Waals surface area (Å²) in [6.07, 6.45) is 3.72. The minimum Gasteiger partial charge on any atom is -0.434 e. The number of carbonyl (C=O) groups excluding carboxylic acids is 1. The molecule has 0 unspecified atom stereocenters. The fourth-order valence-corrected chi connectivity index (χ4v) is 4.88. The van der Waals surface area contributed by atoms with E-state index in [1.54, 1.807) is 44.4 Å². The predicted octanol–water partition coefficient (Wildman–Crippen LogP) is 5.45. The SMILES string of the molecule is CN(C)C(=O)c1cc(-c2cnc3[nH]nc(-c4ccccc4OC(F)F)c3c2)cc(F)c1N[C@H]1CC[C@H](O)CC1. The molecule has 0 spiro atoms. The lowest BCUT2D eigenvalue weighted by Gasteiger charge is -2.28. The number of aromatic nitrogens is 3. The maximum absolute atomic E-state index is 15.6. The number of anilines is 1. The van der Waals surface area contributed by atoms with Crippen molar-refractivity contribution in [3.05, 3.63) is 60.0 Å². The smallest absolute Gasteiger partial charge is 0.387 e. The van der Waals surface area contributed by atoms with Gasteiger partial charge in [-0.25, -0.2) is 9.37 Å². The number of para-hydroxylation sites is 1. The average molecular weight is 540 g/mol. The van der Waals surface area contributed by atoms with Crippen LogP contribution in [0.5, 0.6) is 5.75 Å². The van der Waals surface area contributed by atoms with Gasteiger partial charge in [0.05, 0.1) is 17.4 Å². The van der Waals surface area contributed by atoms with Crippen LogP contribution in [0.15, 0.2) is 48.7 Å². The second-order valence-electron chi connectivity index (χ2n) is 9.80. The van der Waals surface area contributed by atoms with Gasteiger partial charge in [0.15, 0.2) is 5.65 Å². The lowest BCUT2D eigenvalue weighted by atomic mass is 9.92. The number of halogens is 3. The Hall–Kier alpha value is -4.12. The molecule has 2 heterocycles. The normalized spacial score (nSPS) is 17.4. The summed E-state index contributed by atoms with van der Waals surface area (Å²) in [5, 5.41) is 20.6. The van der Waals surface area contributed by atoms with Crippen molar-refractivity contribution >= 4 is 22.6 Å². The molecule has 2 aromatic carbocycles. The summed E-state index contributed by atoms with van der Waals surface area (Å²) in [4.78, 5) is 18.9. The highest BCUT2D eigenvalue weighted by Gasteiger charge is 2.25. The Bertz CT molecular complexity index is 1500. The first kappa shape index (κ1) is 26.5. The molecule has 1 amide bonds. The second kappa shape index (κ2) is 10.9. The quantitative estimate of drug-likeness (QED) is 0.289. The summed E-state index contributed by atoms with van der Waals surface area (Å²) >= 11 is 0. The molecule has 0 atom stereocenters. The van der Waals surface area contributed by atoms with Gasteiger partial charge in [0.25, 0.3) is 5.91 Å². The molecule has 8 nitrogen and oxygen atoms in total. The first-order chi connectivity index (χ1) is 18.7. The summed E-state index contributed by atoms with van der Waals surface area (Å²) in [5.74, 6) is -1.00. The van der Waals surface area contributed by atoms with Crippen molar-refractivity contribution < 1.29 is 27.8 Å². The highest BCUT2D eigenvalue weighted by Crippen LogP contribution is 2.37. The van der Waals surface area contributed by atoms with E-state index in [1.807, 2.05) is 0 Å². The fraction of sp³-hybridized carbons (Fsp3) is 0.321. The molecule has 5 rings (SSSR count). The maximum Gasteiger partial charge on any atom is 0.387 e. The number of aliphatic hydroxyl groups excluding tert-OH is 1. The monoisotopic (exact) mass is 539 g/mol. The van der Waals surface area contributed by atoms with Crippen LogP contribution in [0.4, 0.5) is 18.9 Å². The van der Waals surface area contributed by atoms with E-state index in [0.29, 0.717) is 59.1 Å². The van der Waals surface area contributed by atoms with Crippen LogP contribution in [0.2, 0.25) is 0 Å². The Morgan fingerprint density at radius 2 is 1.87 bits per heavy atom. The minimum atomic E-state index is -3.01.